The first-order valence-corrected chi connectivity index (χ1v) is 8.27. The van der Waals surface area contributed by atoms with Crippen LogP contribution in [0.4, 0.5) is 0 Å². The predicted molar refractivity (Wildman–Crippen MR) is 93.7 cm³/mol. The maximum atomic E-state index is 9.60. The molecule has 0 spiro atoms. The molecule has 1 heterocycles. The van der Waals surface area contributed by atoms with Crippen LogP contribution in [0.5, 0.6) is 0 Å². The normalized spacial score (nSPS) is 26.6. The quantitative estimate of drug-likeness (QED) is 0.644. The molecule has 2 aromatic carbocycles. The van der Waals surface area contributed by atoms with E-state index in [0.29, 0.717) is 5.92 Å². The first-order valence-electron chi connectivity index (χ1n) is 8.27. The molecule has 0 aromatic heterocycles. The van der Waals surface area contributed by atoms with Crippen molar-refractivity contribution in [3.05, 3.63) is 71.8 Å². The zero-order valence-corrected chi connectivity index (χ0v) is 13.7. The Morgan fingerprint density at radius 2 is 1.52 bits per heavy atom. The molecule has 23 heavy (non-hydrogen) atoms. The summed E-state index contributed by atoms with van der Waals surface area (Å²) >= 11 is 0. The number of oxime groups is 1. The molecule has 0 amide bonds. The van der Waals surface area contributed by atoms with Gasteiger partial charge in [0.25, 0.3) is 0 Å². The number of nitrogens with one attached hydrogen (secondary N) is 1. The summed E-state index contributed by atoms with van der Waals surface area (Å²) < 4.78 is 0. The van der Waals surface area contributed by atoms with E-state index in [4.69, 9.17) is 0 Å². The third-order valence-corrected chi connectivity index (χ3v) is 4.75. The van der Waals surface area contributed by atoms with E-state index in [1.54, 1.807) is 0 Å². The fraction of sp³-hybridized carbons (Fsp3) is 0.350. The van der Waals surface area contributed by atoms with Gasteiger partial charge in [0.05, 0.1) is 5.71 Å². The van der Waals surface area contributed by atoms with E-state index in [1.165, 1.54) is 11.1 Å². The van der Waals surface area contributed by atoms with Gasteiger partial charge in [-0.1, -0.05) is 79.7 Å². The maximum absolute atomic E-state index is 9.60. The highest BCUT2D eigenvalue weighted by Gasteiger charge is 2.38. The molecule has 1 aliphatic rings. The van der Waals surface area contributed by atoms with Crippen molar-refractivity contribution in [3.8, 4) is 0 Å². The van der Waals surface area contributed by atoms with E-state index in [1.807, 2.05) is 12.1 Å². The number of hydrogen-bond acceptors (Lipinski definition) is 3. The summed E-state index contributed by atoms with van der Waals surface area (Å²) in [6, 6.07) is 21.2. The van der Waals surface area contributed by atoms with Crippen LogP contribution < -0.4 is 5.32 Å². The first-order chi connectivity index (χ1) is 11.2. The Bertz CT molecular complexity index is 652. The van der Waals surface area contributed by atoms with E-state index >= 15 is 0 Å². The zero-order valence-electron chi connectivity index (χ0n) is 13.7. The number of hydrogen-bond donors (Lipinski definition) is 2. The molecule has 2 aromatic rings. The Balaban J connectivity index is 1.98. The fourth-order valence-corrected chi connectivity index (χ4v) is 3.66. The minimum atomic E-state index is 0.154. The third kappa shape index (κ3) is 3.30. The predicted octanol–water partition coefficient (Wildman–Crippen LogP) is 4.56. The number of rotatable bonds is 3. The summed E-state index contributed by atoms with van der Waals surface area (Å²) in [5.41, 5.74) is 3.37. The van der Waals surface area contributed by atoms with Gasteiger partial charge in [0.1, 0.15) is 0 Å². The average molecular weight is 308 g/mol. The van der Waals surface area contributed by atoms with Gasteiger partial charge < -0.3 is 10.5 Å². The van der Waals surface area contributed by atoms with Crippen molar-refractivity contribution in [3.63, 3.8) is 0 Å². The largest absolute Gasteiger partial charge is 0.411 e. The number of nitrogens with zero attached hydrogens (tertiary/aromatic N) is 1. The molecule has 1 fully saturated rings. The van der Waals surface area contributed by atoms with Gasteiger partial charge in [-0.3, -0.25) is 0 Å². The summed E-state index contributed by atoms with van der Waals surface area (Å²) in [5, 5.41) is 17.1. The molecule has 0 bridgehead atoms. The van der Waals surface area contributed by atoms with Gasteiger partial charge in [0.15, 0.2) is 0 Å². The van der Waals surface area contributed by atoms with Crippen molar-refractivity contribution in [2.75, 3.05) is 0 Å². The molecule has 3 atom stereocenters. The van der Waals surface area contributed by atoms with E-state index in [0.717, 1.165) is 12.1 Å². The smallest absolute Gasteiger partial charge is 0.0642 e. The second-order valence-corrected chi connectivity index (χ2v) is 6.58. The Hall–Kier alpha value is -2.13. The van der Waals surface area contributed by atoms with Crippen molar-refractivity contribution in [2.45, 2.75) is 32.4 Å². The highest BCUT2D eigenvalue weighted by atomic mass is 16.4. The summed E-state index contributed by atoms with van der Waals surface area (Å²) in [4.78, 5) is 0. The average Bonchev–Trinajstić information content (AvgIpc) is 2.62. The van der Waals surface area contributed by atoms with Crippen molar-refractivity contribution in [2.24, 2.45) is 17.0 Å². The van der Waals surface area contributed by atoms with Gasteiger partial charge in [0, 0.05) is 24.4 Å². The van der Waals surface area contributed by atoms with Crippen LogP contribution in [-0.4, -0.2) is 10.9 Å². The second-order valence-electron chi connectivity index (χ2n) is 6.58. The number of benzene rings is 2. The van der Waals surface area contributed by atoms with E-state index < -0.39 is 0 Å². The lowest BCUT2D eigenvalue weighted by Crippen LogP contribution is -2.44. The fourth-order valence-electron chi connectivity index (χ4n) is 3.66. The molecule has 0 saturated carbocycles. The molecule has 120 valence electrons. The summed E-state index contributed by atoms with van der Waals surface area (Å²) in [7, 11) is 0. The van der Waals surface area contributed by atoms with Gasteiger partial charge in [-0.2, -0.15) is 0 Å². The summed E-state index contributed by atoms with van der Waals surface area (Å²) in [5.74, 6) is 0.595. The highest BCUT2D eigenvalue weighted by Crippen LogP contribution is 2.39. The van der Waals surface area contributed by atoms with Gasteiger partial charge in [-0.15, -0.1) is 0 Å². The first kappa shape index (κ1) is 15.8. The van der Waals surface area contributed by atoms with Crippen LogP contribution in [-0.2, 0) is 0 Å². The molecule has 3 heteroatoms. The van der Waals surface area contributed by atoms with Gasteiger partial charge in [-0.05, 0) is 17.0 Å². The third-order valence-electron chi connectivity index (χ3n) is 4.75. The van der Waals surface area contributed by atoms with E-state index in [2.05, 4.69) is 72.9 Å². The molecular formula is C20H24N2O. The van der Waals surface area contributed by atoms with Crippen LogP contribution in [0.25, 0.3) is 0 Å². The molecule has 1 aliphatic heterocycles. The van der Waals surface area contributed by atoms with Crippen LogP contribution in [0.15, 0.2) is 65.8 Å². The molecule has 3 rings (SSSR count). The van der Waals surface area contributed by atoms with Crippen molar-refractivity contribution in [1.29, 1.82) is 0 Å². The van der Waals surface area contributed by atoms with Crippen LogP contribution in [0, 0.1) is 11.8 Å². The van der Waals surface area contributed by atoms with Crippen LogP contribution >= 0.6 is 0 Å². The molecule has 1 saturated heterocycles. The zero-order chi connectivity index (χ0) is 16.2. The van der Waals surface area contributed by atoms with E-state index in [9.17, 15) is 5.21 Å². The minimum Gasteiger partial charge on any atom is -0.411 e. The highest BCUT2D eigenvalue weighted by molar-refractivity contribution is 5.89. The lowest BCUT2D eigenvalue weighted by atomic mass is 9.75. The molecule has 0 radical (unpaired) electrons. The molecule has 3 nitrogen and oxygen atoms in total. The Morgan fingerprint density at radius 3 is 2.04 bits per heavy atom. The van der Waals surface area contributed by atoms with Crippen molar-refractivity contribution in [1.82, 2.24) is 5.32 Å². The Labute approximate surface area is 138 Å². The summed E-state index contributed by atoms with van der Waals surface area (Å²) in [6.45, 7) is 4.38. The molecular weight excluding hydrogens is 284 g/mol. The topological polar surface area (TPSA) is 44.6 Å². The summed E-state index contributed by atoms with van der Waals surface area (Å²) in [6.07, 6.45) is 0.743. The monoisotopic (exact) mass is 308 g/mol. The Morgan fingerprint density at radius 1 is 0.957 bits per heavy atom. The second kappa shape index (κ2) is 6.97. The maximum Gasteiger partial charge on any atom is 0.0642 e. The molecule has 2 N–H and O–H groups in total. The van der Waals surface area contributed by atoms with Crippen molar-refractivity contribution >= 4 is 5.71 Å². The number of piperidine rings is 1. The van der Waals surface area contributed by atoms with Gasteiger partial charge in [0.2, 0.25) is 0 Å². The Kier molecular flexibility index (Phi) is 4.77. The lowest BCUT2D eigenvalue weighted by Gasteiger charge is -2.40. The van der Waals surface area contributed by atoms with Gasteiger partial charge in [-0.25, -0.2) is 0 Å². The van der Waals surface area contributed by atoms with Crippen LogP contribution in [0.1, 0.15) is 43.5 Å². The van der Waals surface area contributed by atoms with Crippen molar-refractivity contribution < 1.29 is 5.21 Å². The van der Waals surface area contributed by atoms with E-state index in [-0.39, 0.29) is 18.0 Å². The van der Waals surface area contributed by atoms with Gasteiger partial charge >= 0.3 is 0 Å². The SMILES string of the molecule is CC(C)[C@@H]1/C(=N\O)C[C@H](c2ccccc2)N[C@@H]1c1ccccc1. The van der Waals surface area contributed by atoms with Crippen LogP contribution in [0.2, 0.25) is 0 Å². The molecule has 0 unspecified atom stereocenters. The molecule has 0 aliphatic carbocycles. The minimum absolute atomic E-state index is 0.154. The standard InChI is InChI=1S/C20H24N2O/c1-14(2)19-18(22-23)13-17(15-9-5-3-6-10-15)21-20(19)16-11-7-4-8-12-16/h3-12,14,17,19-21,23H,13H2,1-2H3/b22-18-/t17-,19-,20-/m1/s1. The van der Waals surface area contributed by atoms with Crippen LogP contribution in [0.3, 0.4) is 0 Å². The lowest BCUT2D eigenvalue weighted by molar-refractivity contribution is 0.263.